The van der Waals surface area contributed by atoms with E-state index in [1.165, 1.54) is 21.9 Å². The standard InChI is InChI=1S/C52H34N2O/c1-4-14-35(15-5-1)36-24-28-41(29-25-36)53(39-16-6-2-7-17-39)48-22-12-10-20-42(48)37-27-31-49-46(32-37)47-33-38-26-30-44-43-21-11-13-23-51(43)55-52(44)45(38)34-50(47)54(49)40-18-8-3-9-19-40/h1-34H. The van der Waals surface area contributed by atoms with Gasteiger partial charge in [0.05, 0.1) is 16.7 Å². The summed E-state index contributed by atoms with van der Waals surface area (Å²) in [7, 11) is 0. The molecule has 0 unspecified atom stereocenters. The number of para-hydroxylation sites is 4. The van der Waals surface area contributed by atoms with E-state index in [4.69, 9.17) is 4.42 Å². The molecule has 0 spiro atoms. The summed E-state index contributed by atoms with van der Waals surface area (Å²) >= 11 is 0. The minimum absolute atomic E-state index is 0.911. The van der Waals surface area contributed by atoms with Crippen LogP contribution in [-0.2, 0) is 0 Å². The second-order valence-corrected chi connectivity index (χ2v) is 14.1. The summed E-state index contributed by atoms with van der Waals surface area (Å²) in [6, 6.07) is 73.9. The van der Waals surface area contributed by atoms with Gasteiger partial charge in [0.15, 0.2) is 0 Å². The fraction of sp³-hybridized carbons (Fsp3) is 0. The Morgan fingerprint density at radius 3 is 1.84 bits per heavy atom. The first-order valence-corrected chi connectivity index (χ1v) is 18.8. The maximum absolute atomic E-state index is 6.53. The number of fused-ring (bicyclic) bond motifs is 8. The first kappa shape index (κ1) is 31.2. The molecule has 2 heterocycles. The first-order chi connectivity index (χ1) is 27.3. The fourth-order valence-corrected chi connectivity index (χ4v) is 8.39. The molecule has 55 heavy (non-hydrogen) atoms. The van der Waals surface area contributed by atoms with Crippen molar-refractivity contribution in [3.05, 3.63) is 206 Å². The molecule has 0 aliphatic carbocycles. The van der Waals surface area contributed by atoms with E-state index < -0.39 is 0 Å². The van der Waals surface area contributed by atoms with Crippen LogP contribution in [0.25, 0.3) is 82.5 Å². The summed E-state index contributed by atoms with van der Waals surface area (Å²) < 4.78 is 8.93. The van der Waals surface area contributed by atoms with Crippen LogP contribution in [0.15, 0.2) is 211 Å². The molecule has 0 atom stereocenters. The van der Waals surface area contributed by atoms with E-state index in [9.17, 15) is 0 Å². The Morgan fingerprint density at radius 2 is 1.02 bits per heavy atom. The predicted octanol–water partition coefficient (Wildman–Crippen LogP) is 14.6. The van der Waals surface area contributed by atoms with Gasteiger partial charge >= 0.3 is 0 Å². The van der Waals surface area contributed by atoms with Crippen LogP contribution in [0.1, 0.15) is 0 Å². The normalized spacial score (nSPS) is 11.6. The van der Waals surface area contributed by atoms with Gasteiger partial charge < -0.3 is 13.9 Å². The lowest BCUT2D eigenvalue weighted by molar-refractivity contribution is 0.672. The molecule has 3 heteroatoms. The summed E-state index contributed by atoms with van der Waals surface area (Å²) in [5.41, 5.74) is 13.3. The Labute approximate surface area is 318 Å². The molecule has 11 rings (SSSR count). The molecule has 0 fully saturated rings. The highest BCUT2D eigenvalue weighted by atomic mass is 16.3. The lowest BCUT2D eigenvalue weighted by Crippen LogP contribution is -2.11. The summed E-state index contributed by atoms with van der Waals surface area (Å²) in [6.07, 6.45) is 0. The van der Waals surface area contributed by atoms with Gasteiger partial charge in [-0.3, -0.25) is 0 Å². The van der Waals surface area contributed by atoms with Gasteiger partial charge in [-0.15, -0.1) is 0 Å². The fourth-order valence-electron chi connectivity index (χ4n) is 8.39. The Hall–Kier alpha value is -7.36. The van der Waals surface area contributed by atoms with Crippen LogP contribution < -0.4 is 4.90 Å². The maximum atomic E-state index is 6.53. The van der Waals surface area contributed by atoms with Crippen LogP contribution in [0.4, 0.5) is 17.1 Å². The monoisotopic (exact) mass is 702 g/mol. The number of aromatic nitrogens is 1. The molecule has 0 amide bonds. The highest BCUT2D eigenvalue weighted by molar-refractivity contribution is 6.21. The second kappa shape index (κ2) is 12.6. The molecule has 0 bridgehead atoms. The van der Waals surface area contributed by atoms with Gasteiger partial charge in [0.2, 0.25) is 0 Å². The molecule has 9 aromatic carbocycles. The zero-order valence-corrected chi connectivity index (χ0v) is 29.9. The van der Waals surface area contributed by atoms with E-state index in [2.05, 4.69) is 210 Å². The van der Waals surface area contributed by atoms with Crippen molar-refractivity contribution < 1.29 is 4.42 Å². The number of furan rings is 1. The number of hydrogen-bond acceptors (Lipinski definition) is 2. The van der Waals surface area contributed by atoms with Gasteiger partial charge in [-0.05, 0) is 101 Å². The molecule has 0 radical (unpaired) electrons. The summed E-state index contributed by atoms with van der Waals surface area (Å²) in [6.45, 7) is 0. The van der Waals surface area contributed by atoms with Crippen LogP contribution in [0.2, 0.25) is 0 Å². The second-order valence-electron chi connectivity index (χ2n) is 14.1. The van der Waals surface area contributed by atoms with Gasteiger partial charge in [-0.25, -0.2) is 0 Å². The minimum atomic E-state index is 0.911. The SMILES string of the molecule is c1ccc(-c2ccc(N(c3ccccc3)c3ccccc3-c3ccc4c(c3)c3cc5ccc6c7ccccc7oc6c5cc3n4-c3ccccc3)cc2)cc1. The first-order valence-electron chi connectivity index (χ1n) is 18.8. The van der Waals surface area contributed by atoms with E-state index in [0.717, 1.165) is 77.6 Å². The zero-order valence-electron chi connectivity index (χ0n) is 29.9. The number of nitrogens with zero attached hydrogens (tertiary/aromatic N) is 2. The molecule has 11 aromatic rings. The predicted molar refractivity (Wildman–Crippen MR) is 231 cm³/mol. The van der Waals surface area contributed by atoms with Crippen LogP contribution in [0.3, 0.4) is 0 Å². The number of benzene rings is 9. The van der Waals surface area contributed by atoms with Crippen molar-refractivity contribution in [1.82, 2.24) is 4.57 Å². The molecule has 2 aromatic heterocycles. The van der Waals surface area contributed by atoms with E-state index in [-0.39, 0.29) is 0 Å². The summed E-state index contributed by atoms with van der Waals surface area (Å²) in [5.74, 6) is 0. The van der Waals surface area contributed by atoms with Crippen LogP contribution in [0, 0.1) is 0 Å². The number of anilines is 3. The molecule has 0 N–H and O–H groups in total. The van der Waals surface area contributed by atoms with Crippen molar-refractivity contribution in [3.63, 3.8) is 0 Å². The van der Waals surface area contributed by atoms with Crippen molar-refractivity contribution in [3.8, 4) is 27.9 Å². The average Bonchev–Trinajstić information content (AvgIpc) is 3.80. The van der Waals surface area contributed by atoms with Crippen molar-refractivity contribution in [2.45, 2.75) is 0 Å². The van der Waals surface area contributed by atoms with E-state index in [0.29, 0.717) is 0 Å². The molecule has 0 aliphatic heterocycles. The third-order valence-electron chi connectivity index (χ3n) is 11.0. The summed E-state index contributed by atoms with van der Waals surface area (Å²) in [4.78, 5) is 2.37. The molecule has 0 saturated carbocycles. The quantitative estimate of drug-likeness (QED) is 0.172. The molecular weight excluding hydrogens is 669 g/mol. The van der Waals surface area contributed by atoms with Gasteiger partial charge in [-0.1, -0.05) is 127 Å². The third kappa shape index (κ3) is 5.13. The number of rotatable bonds is 6. The molecular formula is C52H34N2O. The van der Waals surface area contributed by atoms with Crippen molar-refractivity contribution >= 4 is 71.6 Å². The van der Waals surface area contributed by atoms with Gasteiger partial charge in [0, 0.05) is 49.6 Å². The van der Waals surface area contributed by atoms with Crippen molar-refractivity contribution in [2.24, 2.45) is 0 Å². The minimum Gasteiger partial charge on any atom is -0.455 e. The molecule has 0 aliphatic rings. The smallest absolute Gasteiger partial charge is 0.143 e. The van der Waals surface area contributed by atoms with E-state index >= 15 is 0 Å². The average molecular weight is 703 g/mol. The Morgan fingerprint density at radius 1 is 0.382 bits per heavy atom. The lowest BCUT2D eigenvalue weighted by Gasteiger charge is -2.28. The van der Waals surface area contributed by atoms with Crippen molar-refractivity contribution in [2.75, 3.05) is 4.90 Å². The number of hydrogen-bond donors (Lipinski definition) is 0. The van der Waals surface area contributed by atoms with E-state index in [1.807, 2.05) is 6.07 Å². The Balaban J connectivity index is 1.12. The van der Waals surface area contributed by atoms with Crippen LogP contribution in [-0.4, -0.2) is 4.57 Å². The summed E-state index contributed by atoms with van der Waals surface area (Å²) in [5, 5.41) is 6.97. The van der Waals surface area contributed by atoms with Gasteiger partial charge in [0.1, 0.15) is 11.2 Å². The lowest BCUT2D eigenvalue weighted by atomic mass is 9.98. The molecule has 0 saturated heterocycles. The molecule has 3 nitrogen and oxygen atoms in total. The van der Waals surface area contributed by atoms with Gasteiger partial charge in [0.25, 0.3) is 0 Å². The Bertz CT molecular complexity index is 3180. The topological polar surface area (TPSA) is 21.3 Å². The third-order valence-corrected chi connectivity index (χ3v) is 11.0. The van der Waals surface area contributed by atoms with E-state index in [1.54, 1.807) is 0 Å². The molecule has 258 valence electrons. The van der Waals surface area contributed by atoms with Crippen LogP contribution in [0.5, 0.6) is 0 Å². The Kier molecular flexibility index (Phi) is 7.17. The highest BCUT2D eigenvalue weighted by Gasteiger charge is 2.20. The van der Waals surface area contributed by atoms with Crippen LogP contribution >= 0.6 is 0 Å². The highest BCUT2D eigenvalue weighted by Crippen LogP contribution is 2.44. The van der Waals surface area contributed by atoms with Crippen molar-refractivity contribution in [1.29, 1.82) is 0 Å². The van der Waals surface area contributed by atoms with Gasteiger partial charge in [-0.2, -0.15) is 0 Å². The zero-order chi connectivity index (χ0) is 36.3. The maximum Gasteiger partial charge on any atom is 0.143 e. The largest absolute Gasteiger partial charge is 0.455 e.